The van der Waals surface area contributed by atoms with E-state index in [1.165, 1.54) is 13.8 Å². The molecule has 0 heterocycles. The minimum atomic E-state index is -5.39. The molecule has 0 aliphatic rings. The first-order valence-electron chi connectivity index (χ1n) is 3.65. The molecular formula is C3H11CoO10P3+3. The van der Waals surface area contributed by atoms with Crippen molar-refractivity contribution in [2.24, 2.45) is 0 Å². The summed E-state index contributed by atoms with van der Waals surface area (Å²) in [7, 11) is -15.7. The number of phosphoric ester groups is 1. The molecule has 4 N–H and O–H groups in total. The van der Waals surface area contributed by atoms with Crippen molar-refractivity contribution in [3.63, 3.8) is 0 Å². The van der Waals surface area contributed by atoms with E-state index in [9.17, 15) is 13.7 Å². The van der Waals surface area contributed by atoms with Crippen LogP contribution < -0.4 is 0 Å². The third-order valence-electron chi connectivity index (χ3n) is 0.760. The fourth-order valence-corrected chi connectivity index (χ4v) is 3.76. The molecule has 0 aromatic carbocycles. The molecule has 0 spiro atoms. The van der Waals surface area contributed by atoms with E-state index >= 15 is 0 Å². The van der Waals surface area contributed by atoms with Gasteiger partial charge in [0.05, 0.1) is 6.10 Å². The van der Waals surface area contributed by atoms with Gasteiger partial charge in [0.15, 0.2) is 0 Å². The summed E-state index contributed by atoms with van der Waals surface area (Å²) in [6, 6.07) is 0. The molecule has 0 aliphatic carbocycles. The average molecular weight is 359 g/mol. The Hall–Kier alpha value is 0.916. The monoisotopic (exact) mass is 359 g/mol. The Kier molecular flexibility index (Phi) is 8.22. The van der Waals surface area contributed by atoms with Crippen LogP contribution in [0.1, 0.15) is 13.8 Å². The van der Waals surface area contributed by atoms with E-state index in [-0.39, 0.29) is 16.8 Å². The second kappa shape index (κ2) is 6.90. The predicted octanol–water partition coefficient (Wildman–Crippen LogP) is 0.736. The van der Waals surface area contributed by atoms with E-state index in [4.69, 9.17) is 19.6 Å². The fourth-order valence-electron chi connectivity index (χ4n) is 0.565. The van der Waals surface area contributed by atoms with E-state index in [0.29, 0.717) is 0 Å². The van der Waals surface area contributed by atoms with Crippen molar-refractivity contribution in [2.75, 3.05) is 0 Å². The summed E-state index contributed by atoms with van der Waals surface area (Å²) < 4.78 is 43.1. The van der Waals surface area contributed by atoms with Crippen molar-refractivity contribution in [1.82, 2.24) is 0 Å². The Morgan fingerprint density at radius 2 is 1.29 bits per heavy atom. The average Bonchev–Trinajstić information content (AvgIpc) is 1.69. The van der Waals surface area contributed by atoms with Gasteiger partial charge in [-0.25, -0.2) is 13.7 Å². The zero-order chi connectivity index (χ0) is 13.2. The van der Waals surface area contributed by atoms with Crippen LogP contribution in [-0.4, -0.2) is 25.7 Å². The zero-order valence-corrected chi connectivity index (χ0v) is 12.2. The van der Waals surface area contributed by atoms with Gasteiger partial charge in [-0.1, -0.05) is 0 Å². The normalized spacial score (nSPS) is 19.2. The van der Waals surface area contributed by atoms with Crippen LogP contribution in [0.3, 0.4) is 0 Å². The Morgan fingerprint density at radius 3 is 1.59 bits per heavy atom. The molecule has 2 unspecified atom stereocenters. The molecule has 10 nitrogen and oxygen atoms in total. The number of hydrogen-bond acceptors (Lipinski definition) is 6. The van der Waals surface area contributed by atoms with Crippen molar-refractivity contribution in [3.8, 4) is 0 Å². The predicted molar refractivity (Wildman–Crippen MR) is 50.1 cm³/mol. The minimum absolute atomic E-state index is 0. The van der Waals surface area contributed by atoms with Gasteiger partial charge in [0.25, 0.3) is 0 Å². The summed E-state index contributed by atoms with van der Waals surface area (Å²) in [5, 5.41) is 0. The maximum atomic E-state index is 11.0. The molecule has 0 saturated heterocycles. The summed E-state index contributed by atoms with van der Waals surface area (Å²) in [5.74, 6) is 0. The number of hydrogen-bond donors (Lipinski definition) is 4. The summed E-state index contributed by atoms with van der Waals surface area (Å²) in [5.41, 5.74) is 0. The molecule has 0 saturated carbocycles. The van der Waals surface area contributed by atoms with Gasteiger partial charge >= 0.3 is 40.2 Å². The van der Waals surface area contributed by atoms with Crippen LogP contribution in [-0.2, 0) is 43.6 Å². The third kappa shape index (κ3) is 11.7. The van der Waals surface area contributed by atoms with E-state index in [0.717, 1.165) is 0 Å². The molecule has 0 aliphatic heterocycles. The summed E-state index contributed by atoms with van der Waals surface area (Å²) >= 11 is 0. The minimum Gasteiger partial charge on any atom is -0.302 e. The van der Waals surface area contributed by atoms with E-state index < -0.39 is 29.6 Å². The molecule has 0 aromatic heterocycles. The molecule has 0 bridgehead atoms. The summed E-state index contributed by atoms with van der Waals surface area (Å²) in [4.78, 5) is 34.0. The van der Waals surface area contributed by atoms with Crippen molar-refractivity contribution in [1.29, 1.82) is 0 Å². The Morgan fingerprint density at radius 1 is 0.882 bits per heavy atom. The van der Waals surface area contributed by atoms with Crippen molar-refractivity contribution in [3.05, 3.63) is 0 Å². The first-order chi connectivity index (χ1) is 6.83. The molecule has 17 heavy (non-hydrogen) atoms. The number of phosphoric acid groups is 3. The standard InChI is InChI=1S/C3H11O10P3.Co/c1-3(2)11-15(7,8)13-16(9,10)12-14(4,5)6;/h3H,1-2H3,(H,7,8)(H,9,10)(H2,4,5,6);/q;+3. The molecule has 2 atom stereocenters. The van der Waals surface area contributed by atoms with Crippen LogP contribution in [0.25, 0.3) is 0 Å². The maximum Gasteiger partial charge on any atom is 3.00 e. The van der Waals surface area contributed by atoms with E-state index in [1.807, 2.05) is 0 Å². The van der Waals surface area contributed by atoms with Gasteiger partial charge in [0.1, 0.15) is 0 Å². The maximum absolute atomic E-state index is 11.0. The molecule has 0 fully saturated rings. The molecule has 14 heteroatoms. The first-order valence-corrected chi connectivity index (χ1v) is 8.17. The molecule has 104 valence electrons. The smallest absolute Gasteiger partial charge is 0.302 e. The second-order valence-electron chi connectivity index (χ2n) is 2.75. The third-order valence-corrected chi connectivity index (χ3v) is 4.78. The van der Waals surface area contributed by atoms with Gasteiger partial charge < -0.3 is 19.6 Å². The van der Waals surface area contributed by atoms with Crippen LogP contribution in [0.4, 0.5) is 0 Å². The Balaban J connectivity index is 0. The fraction of sp³-hybridized carbons (Fsp3) is 1.00. The first kappa shape index (κ1) is 20.2. The topological polar surface area (TPSA) is 160 Å². The second-order valence-corrected chi connectivity index (χ2v) is 7.12. The van der Waals surface area contributed by atoms with Gasteiger partial charge in [-0.15, -0.1) is 0 Å². The quantitative estimate of drug-likeness (QED) is 0.498. The molecule has 0 aromatic rings. The van der Waals surface area contributed by atoms with Crippen LogP contribution in [0.15, 0.2) is 0 Å². The summed E-state index contributed by atoms with van der Waals surface area (Å²) in [6.45, 7) is 2.66. The molecular weight excluding hydrogens is 348 g/mol. The number of rotatable bonds is 6. The molecule has 0 rings (SSSR count). The molecule has 0 amide bonds. The van der Waals surface area contributed by atoms with Crippen LogP contribution in [0.2, 0.25) is 0 Å². The zero-order valence-electron chi connectivity index (χ0n) is 8.49. The van der Waals surface area contributed by atoms with Gasteiger partial charge in [-0.3, -0.25) is 4.52 Å². The molecule has 0 radical (unpaired) electrons. The van der Waals surface area contributed by atoms with Gasteiger partial charge in [-0.05, 0) is 13.8 Å². The van der Waals surface area contributed by atoms with Crippen molar-refractivity contribution < 1.29 is 63.2 Å². The van der Waals surface area contributed by atoms with Gasteiger partial charge in [0, 0.05) is 0 Å². The summed E-state index contributed by atoms with van der Waals surface area (Å²) in [6.07, 6.45) is -0.814. The van der Waals surface area contributed by atoms with E-state index in [2.05, 4.69) is 13.1 Å². The van der Waals surface area contributed by atoms with Crippen LogP contribution >= 0.6 is 23.5 Å². The van der Waals surface area contributed by atoms with Crippen LogP contribution in [0.5, 0.6) is 0 Å². The van der Waals surface area contributed by atoms with Crippen molar-refractivity contribution >= 4 is 23.5 Å². The van der Waals surface area contributed by atoms with Gasteiger partial charge in [0.2, 0.25) is 0 Å². The largest absolute Gasteiger partial charge is 3.00 e. The Labute approximate surface area is 107 Å². The van der Waals surface area contributed by atoms with Gasteiger partial charge in [-0.2, -0.15) is 8.62 Å². The SMILES string of the molecule is CC(C)OP(=O)(O)OP(=O)(O)OP(=O)(O)O.[Co+3]. The van der Waals surface area contributed by atoms with E-state index in [1.54, 1.807) is 0 Å². The van der Waals surface area contributed by atoms with Crippen LogP contribution in [0, 0.1) is 0 Å². The Bertz CT molecular complexity index is 373. The van der Waals surface area contributed by atoms with Crippen molar-refractivity contribution in [2.45, 2.75) is 20.0 Å².